The Morgan fingerprint density at radius 3 is 1.69 bits per heavy atom. The molecule has 270 valence electrons. The Kier molecular flexibility index (Phi) is 7.16. The number of benzene rings is 9. The summed E-state index contributed by atoms with van der Waals surface area (Å²) < 4.78 is 9.32. The van der Waals surface area contributed by atoms with E-state index in [1.165, 1.54) is 21.5 Å². The standard InChI is InChI=1S/C53H32N4O/c1-3-13-33(14-4-1)34-23-25-37(26-24-34)52-54-51(36-16-5-2-6-17-36)55-53(56-52)45-31-40(32-48-49(45)43-28-27-35-15-9-10-20-41(35)50(43)58-48)57-46-22-12-11-21-42(46)44-29-38-18-7-8-19-39(38)30-47(44)57/h1-32H. The molecule has 5 nitrogen and oxygen atoms in total. The quantitative estimate of drug-likeness (QED) is 0.176. The van der Waals surface area contributed by atoms with Gasteiger partial charge in [-0.05, 0) is 57.6 Å². The molecule has 5 heteroatoms. The number of furan rings is 1. The van der Waals surface area contributed by atoms with Crippen LogP contribution in [-0.2, 0) is 0 Å². The van der Waals surface area contributed by atoms with E-state index >= 15 is 0 Å². The van der Waals surface area contributed by atoms with Gasteiger partial charge in [-0.2, -0.15) is 0 Å². The Bertz CT molecular complexity index is 3550. The Hall–Kier alpha value is -7.89. The molecule has 0 bridgehead atoms. The van der Waals surface area contributed by atoms with Crippen molar-refractivity contribution in [3.63, 3.8) is 0 Å². The first-order valence-electron chi connectivity index (χ1n) is 19.5. The summed E-state index contributed by atoms with van der Waals surface area (Å²) >= 11 is 0. The zero-order valence-corrected chi connectivity index (χ0v) is 31.2. The fraction of sp³-hybridized carbons (Fsp3) is 0. The average Bonchev–Trinajstić information content (AvgIpc) is 3.84. The van der Waals surface area contributed by atoms with E-state index in [1.807, 2.05) is 24.3 Å². The highest BCUT2D eigenvalue weighted by atomic mass is 16.3. The lowest BCUT2D eigenvalue weighted by molar-refractivity contribution is 0.672. The lowest BCUT2D eigenvalue weighted by Gasteiger charge is -2.13. The minimum atomic E-state index is 0.574. The molecule has 3 heterocycles. The van der Waals surface area contributed by atoms with Crippen LogP contribution < -0.4 is 0 Å². The van der Waals surface area contributed by atoms with E-state index in [2.05, 4.69) is 174 Å². The van der Waals surface area contributed by atoms with Gasteiger partial charge in [-0.25, -0.2) is 15.0 Å². The predicted octanol–water partition coefficient (Wildman–Crippen LogP) is 13.8. The van der Waals surface area contributed by atoms with Crippen LogP contribution in [0.5, 0.6) is 0 Å². The molecule has 0 aliphatic carbocycles. The summed E-state index contributed by atoms with van der Waals surface area (Å²) in [6.45, 7) is 0. The third-order valence-corrected chi connectivity index (χ3v) is 11.4. The lowest BCUT2D eigenvalue weighted by atomic mass is 10.0. The first-order chi connectivity index (χ1) is 28.7. The van der Waals surface area contributed by atoms with Gasteiger partial charge in [0.15, 0.2) is 17.5 Å². The molecule has 0 amide bonds. The summed E-state index contributed by atoms with van der Waals surface area (Å²) in [5, 5.41) is 8.94. The second kappa shape index (κ2) is 12.8. The molecule has 0 aliphatic rings. The smallest absolute Gasteiger partial charge is 0.164 e. The van der Waals surface area contributed by atoms with Gasteiger partial charge >= 0.3 is 0 Å². The fourth-order valence-corrected chi connectivity index (χ4v) is 8.64. The fourth-order valence-electron chi connectivity index (χ4n) is 8.64. The SMILES string of the molecule is c1ccc(-c2ccc(-c3nc(-c4ccccc4)nc(-c4cc(-n5c6ccccc6c6cc7ccccc7cc65)cc5oc6c7ccccc7ccc6c45)n3)cc2)cc1. The van der Waals surface area contributed by atoms with Crippen molar-refractivity contribution < 1.29 is 4.42 Å². The Morgan fingerprint density at radius 1 is 0.362 bits per heavy atom. The number of hydrogen-bond donors (Lipinski definition) is 0. The summed E-state index contributed by atoms with van der Waals surface area (Å²) in [6.07, 6.45) is 0. The van der Waals surface area contributed by atoms with Crippen molar-refractivity contribution in [1.82, 2.24) is 19.5 Å². The molecule has 0 unspecified atom stereocenters. The second-order valence-electron chi connectivity index (χ2n) is 14.8. The van der Waals surface area contributed by atoms with E-state index in [-0.39, 0.29) is 0 Å². The maximum Gasteiger partial charge on any atom is 0.164 e. The van der Waals surface area contributed by atoms with Crippen LogP contribution >= 0.6 is 0 Å². The summed E-state index contributed by atoms with van der Waals surface area (Å²) in [5.41, 5.74) is 9.78. The van der Waals surface area contributed by atoms with Crippen molar-refractivity contribution in [3.05, 3.63) is 194 Å². The molecule has 0 aliphatic heterocycles. The molecule has 3 aromatic heterocycles. The van der Waals surface area contributed by atoms with Crippen LogP contribution in [0.25, 0.3) is 116 Å². The molecular weight excluding hydrogens is 709 g/mol. The Balaban J connectivity index is 1.16. The van der Waals surface area contributed by atoms with Crippen LogP contribution in [0.15, 0.2) is 199 Å². The van der Waals surface area contributed by atoms with Gasteiger partial charge in [0.1, 0.15) is 11.2 Å². The first kappa shape index (κ1) is 32.4. The minimum Gasteiger partial charge on any atom is -0.455 e. The Morgan fingerprint density at radius 2 is 0.931 bits per heavy atom. The van der Waals surface area contributed by atoms with Gasteiger partial charge in [0.2, 0.25) is 0 Å². The first-order valence-corrected chi connectivity index (χ1v) is 19.5. The van der Waals surface area contributed by atoms with Gasteiger partial charge < -0.3 is 8.98 Å². The summed E-state index contributed by atoms with van der Waals surface area (Å²) in [5.74, 6) is 1.78. The van der Waals surface area contributed by atoms with Crippen LogP contribution in [0.2, 0.25) is 0 Å². The molecule has 58 heavy (non-hydrogen) atoms. The van der Waals surface area contributed by atoms with Gasteiger partial charge in [-0.15, -0.1) is 0 Å². The zero-order chi connectivity index (χ0) is 38.2. The zero-order valence-electron chi connectivity index (χ0n) is 31.2. The molecule has 0 fully saturated rings. The molecule has 0 saturated carbocycles. The molecule has 12 aromatic rings. The number of rotatable bonds is 5. The van der Waals surface area contributed by atoms with Crippen LogP contribution in [-0.4, -0.2) is 19.5 Å². The lowest BCUT2D eigenvalue weighted by Crippen LogP contribution is -2.01. The molecule has 0 N–H and O–H groups in total. The third-order valence-electron chi connectivity index (χ3n) is 11.4. The summed E-state index contributed by atoms with van der Waals surface area (Å²) in [7, 11) is 0. The molecule has 12 rings (SSSR count). The third kappa shape index (κ3) is 5.14. The van der Waals surface area contributed by atoms with E-state index in [9.17, 15) is 0 Å². The minimum absolute atomic E-state index is 0.574. The molecule has 9 aromatic carbocycles. The number of nitrogens with zero attached hydrogens (tertiary/aromatic N) is 4. The van der Waals surface area contributed by atoms with Crippen LogP contribution in [0.3, 0.4) is 0 Å². The largest absolute Gasteiger partial charge is 0.455 e. The highest BCUT2D eigenvalue weighted by molar-refractivity contribution is 6.20. The second-order valence-corrected chi connectivity index (χ2v) is 14.8. The maximum absolute atomic E-state index is 6.96. The van der Waals surface area contributed by atoms with Gasteiger partial charge in [-0.3, -0.25) is 0 Å². The van der Waals surface area contributed by atoms with Crippen molar-refractivity contribution >= 4 is 65.3 Å². The topological polar surface area (TPSA) is 56.7 Å². The van der Waals surface area contributed by atoms with Crippen molar-refractivity contribution in [2.75, 3.05) is 0 Å². The van der Waals surface area contributed by atoms with Gasteiger partial charge in [0.05, 0.1) is 16.7 Å². The van der Waals surface area contributed by atoms with Gasteiger partial charge in [0, 0.05) is 49.7 Å². The highest BCUT2D eigenvalue weighted by Gasteiger charge is 2.22. The van der Waals surface area contributed by atoms with Gasteiger partial charge in [0.25, 0.3) is 0 Å². The van der Waals surface area contributed by atoms with Gasteiger partial charge in [-0.1, -0.05) is 158 Å². The number of aromatic nitrogens is 4. The van der Waals surface area contributed by atoms with E-state index in [1.54, 1.807) is 0 Å². The molecule has 0 atom stereocenters. The van der Waals surface area contributed by atoms with E-state index in [0.717, 1.165) is 77.2 Å². The average molecular weight is 741 g/mol. The van der Waals surface area contributed by atoms with Crippen LogP contribution in [0, 0.1) is 0 Å². The van der Waals surface area contributed by atoms with Crippen molar-refractivity contribution in [2.45, 2.75) is 0 Å². The van der Waals surface area contributed by atoms with Crippen molar-refractivity contribution in [3.8, 4) is 51.0 Å². The van der Waals surface area contributed by atoms with Crippen LogP contribution in [0.1, 0.15) is 0 Å². The molecular formula is C53H32N4O. The number of fused-ring (bicyclic) bond motifs is 9. The summed E-state index contributed by atoms with van der Waals surface area (Å²) in [6, 6.07) is 68.0. The molecule has 0 spiro atoms. The monoisotopic (exact) mass is 740 g/mol. The van der Waals surface area contributed by atoms with E-state index in [0.29, 0.717) is 17.5 Å². The van der Waals surface area contributed by atoms with Crippen molar-refractivity contribution in [2.24, 2.45) is 0 Å². The normalized spacial score (nSPS) is 11.8. The van der Waals surface area contributed by atoms with E-state index < -0.39 is 0 Å². The highest BCUT2D eigenvalue weighted by Crippen LogP contribution is 2.43. The summed E-state index contributed by atoms with van der Waals surface area (Å²) in [4.78, 5) is 15.7. The number of para-hydroxylation sites is 1. The van der Waals surface area contributed by atoms with Crippen LogP contribution in [0.4, 0.5) is 0 Å². The Labute approximate surface area is 333 Å². The number of hydrogen-bond acceptors (Lipinski definition) is 4. The molecule has 0 saturated heterocycles. The van der Waals surface area contributed by atoms with Crippen molar-refractivity contribution in [1.29, 1.82) is 0 Å². The molecule has 0 radical (unpaired) electrons. The maximum atomic E-state index is 6.96. The predicted molar refractivity (Wildman–Crippen MR) is 238 cm³/mol. The van der Waals surface area contributed by atoms with E-state index in [4.69, 9.17) is 19.4 Å².